The minimum atomic E-state index is -0.256. The molecule has 2 heterocycles. The van der Waals surface area contributed by atoms with Gasteiger partial charge in [0, 0.05) is 36.4 Å². The smallest absolute Gasteiger partial charge is 0.319 e. The van der Waals surface area contributed by atoms with Gasteiger partial charge in [0.25, 0.3) is 0 Å². The van der Waals surface area contributed by atoms with E-state index in [1.807, 2.05) is 49.4 Å². The number of anilines is 2. The van der Waals surface area contributed by atoms with Gasteiger partial charge in [-0.25, -0.2) is 4.79 Å². The molecule has 154 valence electrons. The first-order valence-corrected chi connectivity index (χ1v) is 9.98. The van der Waals surface area contributed by atoms with Crippen molar-refractivity contribution < 1.29 is 14.1 Å². The first-order chi connectivity index (χ1) is 14.6. The van der Waals surface area contributed by atoms with Crippen molar-refractivity contribution in [1.82, 2.24) is 15.5 Å². The Morgan fingerprint density at radius 3 is 2.83 bits per heavy atom. The number of nitrogens with zero attached hydrogens (tertiary/aromatic N) is 3. The Labute approximate surface area is 174 Å². The molecule has 1 aromatic heterocycles. The van der Waals surface area contributed by atoms with Crippen molar-refractivity contribution in [1.29, 1.82) is 0 Å². The zero-order valence-corrected chi connectivity index (χ0v) is 16.7. The number of hydrogen-bond donors (Lipinski definition) is 2. The molecule has 2 N–H and O–H groups in total. The summed E-state index contributed by atoms with van der Waals surface area (Å²) in [4.78, 5) is 30.6. The first kappa shape index (κ1) is 19.6. The Bertz CT molecular complexity index is 1030. The van der Waals surface area contributed by atoms with E-state index < -0.39 is 0 Å². The maximum Gasteiger partial charge on any atom is 0.319 e. The van der Waals surface area contributed by atoms with Gasteiger partial charge in [-0.15, -0.1) is 0 Å². The fourth-order valence-electron chi connectivity index (χ4n) is 3.40. The van der Waals surface area contributed by atoms with Crippen LogP contribution < -0.4 is 15.5 Å². The molecular weight excluding hydrogens is 382 g/mol. The highest BCUT2D eigenvalue weighted by Crippen LogP contribution is 2.32. The van der Waals surface area contributed by atoms with Gasteiger partial charge in [-0.1, -0.05) is 42.4 Å². The third-order valence-electron chi connectivity index (χ3n) is 4.90. The maximum atomic E-state index is 12.4. The largest absolute Gasteiger partial charge is 0.339 e. The second-order valence-corrected chi connectivity index (χ2v) is 7.16. The zero-order chi connectivity index (χ0) is 20.9. The van der Waals surface area contributed by atoms with E-state index in [2.05, 4.69) is 20.8 Å². The summed E-state index contributed by atoms with van der Waals surface area (Å²) in [5.74, 6) is 0.749. The topological polar surface area (TPSA) is 100 Å². The molecule has 0 bridgehead atoms. The summed E-state index contributed by atoms with van der Waals surface area (Å²) in [5.41, 5.74) is 2.23. The van der Waals surface area contributed by atoms with E-state index in [0.29, 0.717) is 36.9 Å². The van der Waals surface area contributed by atoms with Crippen LogP contribution in [0.5, 0.6) is 0 Å². The summed E-state index contributed by atoms with van der Waals surface area (Å²) in [6.07, 6.45) is 1.19. The average Bonchev–Trinajstić information content (AvgIpc) is 3.40. The van der Waals surface area contributed by atoms with Gasteiger partial charge in [-0.2, -0.15) is 4.98 Å². The van der Waals surface area contributed by atoms with Gasteiger partial charge in [0.1, 0.15) is 0 Å². The second-order valence-electron chi connectivity index (χ2n) is 7.16. The standard InChI is InChI=1S/C22H23N5O3/c1-2-11-23-22(29)24-17-8-6-7-15(12-17)20-25-21(30-26-20)16-13-19(28)27(14-16)18-9-4-3-5-10-18/h3-10,12,16H,2,11,13-14H2,1H3,(H2,23,24,29). The fourth-order valence-corrected chi connectivity index (χ4v) is 3.40. The first-order valence-electron chi connectivity index (χ1n) is 9.98. The van der Waals surface area contributed by atoms with Gasteiger partial charge in [-0.05, 0) is 30.7 Å². The molecule has 1 fully saturated rings. The lowest BCUT2D eigenvalue weighted by molar-refractivity contribution is -0.117. The number of nitrogens with one attached hydrogen (secondary N) is 2. The molecule has 30 heavy (non-hydrogen) atoms. The van der Waals surface area contributed by atoms with E-state index in [4.69, 9.17) is 4.52 Å². The Morgan fingerprint density at radius 2 is 2.03 bits per heavy atom. The van der Waals surface area contributed by atoms with Crippen molar-refractivity contribution in [2.75, 3.05) is 23.3 Å². The van der Waals surface area contributed by atoms with Crippen LogP contribution in [-0.4, -0.2) is 35.2 Å². The monoisotopic (exact) mass is 405 g/mol. The van der Waals surface area contributed by atoms with Crippen molar-refractivity contribution in [3.63, 3.8) is 0 Å². The predicted octanol–water partition coefficient (Wildman–Crippen LogP) is 3.79. The molecule has 1 unspecified atom stereocenters. The SMILES string of the molecule is CCCNC(=O)Nc1cccc(-c2noc(C3CC(=O)N(c4ccccc4)C3)n2)c1. The molecule has 1 aliphatic heterocycles. The molecule has 0 radical (unpaired) electrons. The van der Waals surface area contributed by atoms with Crippen molar-refractivity contribution in [2.24, 2.45) is 0 Å². The fraction of sp³-hybridized carbons (Fsp3) is 0.273. The minimum Gasteiger partial charge on any atom is -0.339 e. The van der Waals surface area contributed by atoms with Gasteiger partial charge in [0.05, 0.1) is 5.92 Å². The quantitative estimate of drug-likeness (QED) is 0.650. The van der Waals surface area contributed by atoms with Crippen molar-refractivity contribution in [3.05, 3.63) is 60.5 Å². The molecule has 8 heteroatoms. The van der Waals surface area contributed by atoms with Gasteiger partial charge in [-0.3, -0.25) is 4.79 Å². The third-order valence-corrected chi connectivity index (χ3v) is 4.90. The molecule has 0 aliphatic carbocycles. The van der Waals surface area contributed by atoms with Crippen LogP contribution in [0.3, 0.4) is 0 Å². The summed E-state index contributed by atoms with van der Waals surface area (Å²) in [5, 5.41) is 9.64. The molecular formula is C22H23N5O3. The molecule has 3 aromatic rings. The maximum absolute atomic E-state index is 12.4. The molecule has 1 aliphatic rings. The Kier molecular flexibility index (Phi) is 5.74. The van der Waals surface area contributed by atoms with Crippen LogP contribution >= 0.6 is 0 Å². The number of aromatic nitrogens is 2. The van der Waals surface area contributed by atoms with Crippen LogP contribution in [0.1, 0.15) is 31.6 Å². The number of rotatable bonds is 6. The molecule has 1 atom stereocenters. The van der Waals surface area contributed by atoms with Crippen LogP contribution in [0.4, 0.5) is 16.2 Å². The molecule has 0 saturated carbocycles. The van der Waals surface area contributed by atoms with Crippen molar-refractivity contribution in [2.45, 2.75) is 25.7 Å². The molecule has 4 rings (SSSR count). The lowest BCUT2D eigenvalue weighted by Gasteiger charge is -2.15. The Balaban J connectivity index is 1.46. The van der Waals surface area contributed by atoms with Crippen molar-refractivity contribution >= 4 is 23.3 Å². The number of amides is 3. The number of para-hydroxylation sites is 1. The minimum absolute atomic E-state index is 0.0373. The number of benzene rings is 2. The van der Waals surface area contributed by atoms with Gasteiger partial charge >= 0.3 is 6.03 Å². The molecule has 0 spiro atoms. The number of carbonyl (C=O) groups excluding carboxylic acids is 2. The van der Waals surface area contributed by atoms with Crippen LogP contribution in [0.25, 0.3) is 11.4 Å². The van der Waals surface area contributed by atoms with Gasteiger partial charge < -0.3 is 20.1 Å². The number of carbonyl (C=O) groups is 2. The van der Waals surface area contributed by atoms with Crippen LogP contribution in [0.2, 0.25) is 0 Å². The van der Waals surface area contributed by atoms with Gasteiger partial charge in [0.15, 0.2) is 0 Å². The van der Waals surface area contributed by atoms with Crippen molar-refractivity contribution in [3.8, 4) is 11.4 Å². The molecule has 1 saturated heterocycles. The highest BCUT2D eigenvalue weighted by Gasteiger charge is 2.35. The highest BCUT2D eigenvalue weighted by molar-refractivity contribution is 5.96. The van der Waals surface area contributed by atoms with Gasteiger partial charge in [0.2, 0.25) is 17.6 Å². The number of urea groups is 1. The second kappa shape index (κ2) is 8.77. The van der Waals surface area contributed by atoms with Crippen LogP contribution in [-0.2, 0) is 4.79 Å². The average molecular weight is 405 g/mol. The summed E-state index contributed by atoms with van der Waals surface area (Å²) < 4.78 is 5.47. The Hall–Kier alpha value is -3.68. The Morgan fingerprint density at radius 1 is 1.20 bits per heavy atom. The van der Waals surface area contributed by atoms with Crippen LogP contribution in [0, 0.1) is 0 Å². The predicted molar refractivity (Wildman–Crippen MR) is 113 cm³/mol. The van der Waals surface area contributed by atoms with E-state index in [-0.39, 0.29) is 17.9 Å². The van der Waals surface area contributed by atoms with E-state index >= 15 is 0 Å². The normalized spacial score (nSPS) is 16.0. The number of hydrogen-bond acceptors (Lipinski definition) is 5. The molecule has 8 nitrogen and oxygen atoms in total. The van der Waals surface area contributed by atoms with E-state index in [0.717, 1.165) is 17.7 Å². The lowest BCUT2D eigenvalue weighted by Crippen LogP contribution is -2.29. The van der Waals surface area contributed by atoms with E-state index in [9.17, 15) is 9.59 Å². The summed E-state index contributed by atoms with van der Waals surface area (Å²) >= 11 is 0. The zero-order valence-electron chi connectivity index (χ0n) is 16.7. The third kappa shape index (κ3) is 4.32. The van der Waals surface area contributed by atoms with E-state index in [1.165, 1.54) is 0 Å². The molecule has 2 aromatic carbocycles. The van der Waals surface area contributed by atoms with Crippen LogP contribution in [0.15, 0.2) is 59.1 Å². The highest BCUT2D eigenvalue weighted by atomic mass is 16.5. The van der Waals surface area contributed by atoms with E-state index in [1.54, 1.807) is 17.0 Å². The summed E-state index contributed by atoms with van der Waals surface area (Å²) in [6, 6.07) is 16.5. The summed E-state index contributed by atoms with van der Waals surface area (Å²) in [6.45, 7) is 3.11. The molecule has 3 amide bonds. The summed E-state index contributed by atoms with van der Waals surface area (Å²) in [7, 11) is 0. The lowest BCUT2D eigenvalue weighted by atomic mass is 10.1.